The van der Waals surface area contributed by atoms with Crippen molar-refractivity contribution < 1.29 is 9.53 Å². The molecule has 0 radical (unpaired) electrons. The first-order valence-electron chi connectivity index (χ1n) is 8.71. The standard InChI is InChI=1S/C19H28N2O2/c1-19(2,3)23-18(22)21-16-9-10-17(21)12-15(11-16)20-13-14-7-5-4-6-8-14/h4-8,15-17,20H,9-13H2,1-3H3/t15?,16-,17?/m1/s1. The molecule has 2 bridgehead atoms. The van der Waals surface area contributed by atoms with Crippen molar-refractivity contribution in [3.8, 4) is 0 Å². The average molecular weight is 316 g/mol. The van der Waals surface area contributed by atoms with Crippen LogP contribution in [0.15, 0.2) is 30.3 Å². The molecule has 1 N–H and O–H groups in total. The summed E-state index contributed by atoms with van der Waals surface area (Å²) >= 11 is 0. The maximum atomic E-state index is 12.4. The first kappa shape index (κ1) is 16.3. The minimum atomic E-state index is -0.418. The van der Waals surface area contributed by atoms with Gasteiger partial charge in [0.1, 0.15) is 5.60 Å². The Hall–Kier alpha value is -1.55. The van der Waals surface area contributed by atoms with Gasteiger partial charge >= 0.3 is 6.09 Å². The third-order valence-corrected chi connectivity index (χ3v) is 4.78. The van der Waals surface area contributed by atoms with Crippen LogP contribution in [0.5, 0.6) is 0 Å². The van der Waals surface area contributed by atoms with Crippen molar-refractivity contribution >= 4 is 6.09 Å². The van der Waals surface area contributed by atoms with Gasteiger partial charge in [-0.1, -0.05) is 30.3 Å². The lowest BCUT2D eigenvalue weighted by molar-refractivity contribution is 0.00466. The van der Waals surface area contributed by atoms with Gasteiger partial charge in [-0.15, -0.1) is 0 Å². The van der Waals surface area contributed by atoms with Gasteiger partial charge in [0, 0.05) is 24.7 Å². The molecule has 3 rings (SSSR count). The van der Waals surface area contributed by atoms with Crippen molar-refractivity contribution in [2.24, 2.45) is 0 Å². The molecule has 2 aliphatic heterocycles. The molecule has 1 aromatic rings. The summed E-state index contributed by atoms with van der Waals surface area (Å²) in [5, 5.41) is 3.67. The summed E-state index contributed by atoms with van der Waals surface area (Å²) in [6.45, 7) is 6.69. The van der Waals surface area contributed by atoms with Crippen molar-refractivity contribution in [2.75, 3.05) is 0 Å². The molecule has 2 saturated heterocycles. The molecule has 2 unspecified atom stereocenters. The van der Waals surface area contributed by atoms with Gasteiger partial charge in [-0.2, -0.15) is 0 Å². The van der Waals surface area contributed by atoms with Crippen LogP contribution < -0.4 is 5.32 Å². The topological polar surface area (TPSA) is 41.6 Å². The summed E-state index contributed by atoms with van der Waals surface area (Å²) in [4.78, 5) is 14.4. The molecule has 2 fully saturated rings. The van der Waals surface area contributed by atoms with Crippen molar-refractivity contribution in [1.29, 1.82) is 0 Å². The number of carbonyl (C=O) groups is 1. The second kappa shape index (κ2) is 6.52. The van der Waals surface area contributed by atoms with Gasteiger partial charge in [0.15, 0.2) is 0 Å². The van der Waals surface area contributed by atoms with Crippen LogP contribution in [0.4, 0.5) is 4.79 Å². The third kappa shape index (κ3) is 4.05. The van der Waals surface area contributed by atoms with Crippen molar-refractivity contribution in [2.45, 2.75) is 76.7 Å². The largest absolute Gasteiger partial charge is 0.444 e. The van der Waals surface area contributed by atoms with Gasteiger partial charge in [0.2, 0.25) is 0 Å². The van der Waals surface area contributed by atoms with Crippen LogP contribution in [0.3, 0.4) is 0 Å². The second-order valence-corrected chi connectivity index (χ2v) is 7.81. The molecular weight excluding hydrogens is 288 g/mol. The Labute approximate surface area is 139 Å². The van der Waals surface area contributed by atoms with Gasteiger partial charge in [-0.05, 0) is 52.0 Å². The predicted molar refractivity (Wildman–Crippen MR) is 91.2 cm³/mol. The Morgan fingerprint density at radius 2 is 1.78 bits per heavy atom. The number of benzene rings is 1. The molecule has 4 nitrogen and oxygen atoms in total. The molecule has 2 aliphatic rings. The SMILES string of the molecule is CC(C)(C)OC(=O)N1C2CC[C@@H]1CC(NCc1ccccc1)C2. The minimum Gasteiger partial charge on any atom is -0.444 e. The zero-order valence-corrected chi connectivity index (χ0v) is 14.4. The van der Waals surface area contributed by atoms with Gasteiger partial charge in [0.05, 0.1) is 0 Å². The van der Waals surface area contributed by atoms with E-state index in [4.69, 9.17) is 4.74 Å². The van der Waals surface area contributed by atoms with Gasteiger partial charge < -0.3 is 15.0 Å². The van der Waals surface area contributed by atoms with E-state index in [1.807, 2.05) is 31.7 Å². The lowest BCUT2D eigenvalue weighted by atomic mass is 9.97. The first-order chi connectivity index (χ1) is 10.9. The monoisotopic (exact) mass is 316 g/mol. The van der Waals surface area contributed by atoms with E-state index < -0.39 is 5.60 Å². The maximum Gasteiger partial charge on any atom is 0.410 e. The molecular formula is C19H28N2O2. The quantitative estimate of drug-likeness (QED) is 0.924. The van der Waals surface area contributed by atoms with E-state index in [1.165, 1.54) is 5.56 Å². The number of hydrogen-bond acceptors (Lipinski definition) is 3. The highest BCUT2D eigenvalue weighted by Gasteiger charge is 2.44. The summed E-state index contributed by atoms with van der Waals surface area (Å²) < 4.78 is 5.59. The minimum absolute atomic E-state index is 0.133. The number of nitrogens with zero attached hydrogens (tertiary/aromatic N) is 1. The number of hydrogen-bond donors (Lipinski definition) is 1. The summed E-state index contributed by atoms with van der Waals surface area (Å²) in [7, 11) is 0. The maximum absolute atomic E-state index is 12.4. The fourth-order valence-electron chi connectivity index (χ4n) is 3.81. The fraction of sp³-hybridized carbons (Fsp3) is 0.632. The van der Waals surface area contributed by atoms with E-state index in [-0.39, 0.29) is 6.09 Å². The predicted octanol–water partition coefficient (Wildman–Crippen LogP) is 3.71. The van der Waals surface area contributed by atoms with Crippen LogP contribution in [0.2, 0.25) is 0 Å². The van der Waals surface area contributed by atoms with E-state index in [0.29, 0.717) is 18.1 Å². The van der Waals surface area contributed by atoms with E-state index in [0.717, 1.165) is 32.2 Å². The highest BCUT2D eigenvalue weighted by Crippen LogP contribution is 2.36. The Morgan fingerprint density at radius 1 is 1.17 bits per heavy atom. The fourth-order valence-corrected chi connectivity index (χ4v) is 3.81. The molecule has 2 heterocycles. The Kier molecular flexibility index (Phi) is 4.62. The van der Waals surface area contributed by atoms with Crippen LogP contribution in [0, 0.1) is 0 Å². The number of piperidine rings is 1. The lowest BCUT2D eigenvalue weighted by Crippen LogP contribution is -2.52. The molecule has 0 aliphatic carbocycles. The zero-order valence-electron chi connectivity index (χ0n) is 14.4. The molecule has 3 atom stereocenters. The van der Waals surface area contributed by atoms with E-state index in [9.17, 15) is 4.79 Å². The number of rotatable bonds is 3. The van der Waals surface area contributed by atoms with E-state index in [1.54, 1.807) is 0 Å². The van der Waals surface area contributed by atoms with Crippen LogP contribution in [-0.2, 0) is 11.3 Å². The number of ether oxygens (including phenoxy) is 1. The summed E-state index contributed by atoms with van der Waals surface area (Å²) in [5.41, 5.74) is 0.897. The molecule has 1 aromatic carbocycles. The second-order valence-electron chi connectivity index (χ2n) is 7.81. The smallest absolute Gasteiger partial charge is 0.410 e. The molecule has 1 amide bonds. The Morgan fingerprint density at radius 3 is 2.35 bits per heavy atom. The van der Waals surface area contributed by atoms with E-state index >= 15 is 0 Å². The number of carbonyl (C=O) groups excluding carboxylic acids is 1. The van der Waals surface area contributed by atoms with Crippen LogP contribution in [-0.4, -0.2) is 34.7 Å². The van der Waals surface area contributed by atoms with Gasteiger partial charge in [-0.3, -0.25) is 0 Å². The summed E-state index contributed by atoms with van der Waals surface area (Å²) in [6.07, 6.45) is 4.14. The van der Waals surface area contributed by atoms with Crippen LogP contribution >= 0.6 is 0 Å². The van der Waals surface area contributed by atoms with E-state index in [2.05, 4.69) is 29.6 Å². The highest BCUT2D eigenvalue weighted by molar-refractivity contribution is 5.69. The molecule has 23 heavy (non-hydrogen) atoms. The number of amides is 1. The molecule has 126 valence electrons. The van der Waals surface area contributed by atoms with Gasteiger partial charge in [0.25, 0.3) is 0 Å². The first-order valence-corrected chi connectivity index (χ1v) is 8.71. The zero-order chi connectivity index (χ0) is 16.4. The van der Waals surface area contributed by atoms with Crippen molar-refractivity contribution in [1.82, 2.24) is 10.2 Å². The molecule has 0 aromatic heterocycles. The molecule has 0 spiro atoms. The highest BCUT2D eigenvalue weighted by atomic mass is 16.6. The third-order valence-electron chi connectivity index (χ3n) is 4.78. The Bertz CT molecular complexity index is 524. The summed E-state index contributed by atoms with van der Waals surface area (Å²) in [6, 6.07) is 11.6. The van der Waals surface area contributed by atoms with Crippen LogP contribution in [0.25, 0.3) is 0 Å². The van der Waals surface area contributed by atoms with Gasteiger partial charge in [-0.25, -0.2) is 4.79 Å². The molecule has 0 saturated carbocycles. The number of fused-ring (bicyclic) bond motifs is 2. The van der Waals surface area contributed by atoms with Crippen molar-refractivity contribution in [3.63, 3.8) is 0 Å². The average Bonchev–Trinajstić information content (AvgIpc) is 2.76. The lowest BCUT2D eigenvalue weighted by Gasteiger charge is -2.39. The number of nitrogens with one attached hydrogen (secondary N) is 1. The molecule has 4 heteroatoms. The van der Waals surface area contributed by atoms with Crippen molar-refractivity contribution in [3.05, 3.63) is 35.9 Å². The Balaban J connectivity index is 1.55. The normalized spacial score (nSPS) is 27.1. The van der Waals surface area contributed by atoms with Crippen LogP contribution in [0.1, 0.15) is 52.0 Å². The summed E-state index contributed by atoms with van der Waals surface area (Å²) in [5.74, 6) is 0.